The SMILES string of the molecule is CCCCCCC/C=C\C/C=C\C/C=C\CCCCCCCCCCCCC(=O)OC(COC(=O)CCCCCCCCCCCCCCCCC/C=C\C/C=C\CCCCCCC)COC(OCC[N+](C)(C)C)C(=O)[O-]. The van der Waals surface area contributed by atoms with Gasteiger partial charge in [0.15, 0.2) is 12.4 Å². The van der Waals surface area contributed by atoms with Crippen LogP contribution in [0.25, 0.3) is 0 Å². The highest BCUT2D eigenvalue weighted by atomic mass is 16.7. The first kappa shape index (κ1) is 74.0. The van der Waals surface area contributed by atoms with Crippen molar-refractivity contribution in [2.75, 3.05) is 47.5 Å². The quantitative estimate of drug-likeness (QED) is 0.0195. The zero-order chi connectivity index (χ0) is 56.2. The Bertz CT molecular complexity index is 1450. The molecule has 0 aliphatic heterocycles. The van der Waals surface area contributed by atoms with Gasteiger partial charge in [0, 0.05) is 12.8 Å². The standard InChI is InChI=1S/C68H123NO8/c1-6-8-10-12-14-16-18-20-22-24-26-28-30-32-33-35-36-38-40-42-44-46-48-50-52-54-56-58-65(70)75-62-64(63-76-68(67(72)73)74-61-60-69(3,4)5)77-66(71)59-57-55-53-51-49-47-45-43-41-39-37-34-31-29-27-25-23-21-19-17-15-13-11-9-7-2/h18-21,24-27,31,34,64,68H,6-17,22-23,28-30,32-33,35-63H2,1-5H3/b20-18-,21-19-,26-24-,27-25-,34-31-. The van der Waals surface area contributed by atoms with E-state index in [1.54, 1.807) is 0 Å². The van der Waals surface area contributed by atoms with Crippen LogP contribution in [0, 0.1) is 0 Å². The van der Waals surface area contributed by atoms with Crippen molar-refractivity contribution >= 4 is 17.9 Å². The van der Waals surface area contributed by atoms with Crippen LogP contribution in [0.3, 0.4) is 0 Å². The molecule has 0 aromatic carbocycles. The molecule has 0 aliphatic carbocycles. The van der Waals surface area contributed by atoms with E-state index in [1.807, 2.05) is 21.1 Å². The minimum absolute atomic E-state index is 0.146. The first-order valence-corrected chi connectivity index (χ1v) is 32.4. The highest BCUT2D eigenvalue weighted by Gasteiger charge is 2.22. The Morgan fingerprint density at radius 3 is 1.04 bits per heavy atom. The molecule has 9 heteroatoms. The van der Waals surface area contributed by atoms with Crippen molar-refractivity contribution in [1.29, 1.82) is 0 Å². The van der Waals surface area contributed by atoms with Crippen molar-refractivity contribution < 1.29 is 42.9 Å². The first-order chi connectivity index (χ1) is 37.6. The van der Waals surface area contributed by atoms with Crippen LogP contribution < -0.4 is 5.11 Å². The maximum Gasteiger partial charge on any atom is 0.306 e. The van der Waals surface area contributed by atoms with E-state index >= 15 is 0 Å². The maximum absolute atomic E-state index is 12.9. The van der Waals surface area contributed by atoms with Crippen molar-refractivity contribution in [2.24, 2.45) is 0 Å². The molecule has 0 saturated heterocycles. The summed E-state index contributed by atoms with van der Waals surface area (Å²) >= 11 is 0. The largest absolute Gasteiger partial charge is 0.545 e. The molecule has 77 heavy (non-hydrogen) atoms. The Labute approximate surface area is 475 Å². The van der Waals surface area contributed by atoms with E-state index in [0.29, 0.717) is 23.9 Å². The molecule has 0 amide bonds. The molecule has 0 heterocycles. The highest BCUT2D eigenvalue weighted by Crippen LogP contribution is 2.17. The van der Waals surface area contributed by atoms with Gasteiger partial charge in [0.1, 0.15) is 13.2 Å². The second kappa shape index (κ2) is 59.1. The third-order valence-electron chi connectivity index (χ3n) is 14.2. The van der Waals surface area contributed by atoms with Gasteiger partial charge in [-0.3, -0.25) is 9.59 Å². The number of aliphatic carboxylic acids is 1. The van der Waals surface area contributed by atoms with Gasteiger partial charge in [-0.25, -0.2) is 0 Å². The molecule has 0 aromatic heterocycles. The Kier molecular flexibility index (Phi) is 56.8. The molecule has 2 atom stereocenters. The van der Waals surface area contributed by atoms with Gasteiger partial charge in [-0.05, 0) is 83.5 Å². The number of likely N-dealkylation sites (N-methyl/N-ethyl adjacent to an activating group) is 1. The van der Waals surface area contributed by atoms with E-state index in [4.69, 9.17) is 18.9 Å². The van der Waals surface area contributed by atoms with Crippen molar-refractivity contribution in [2.45, 2.75) is 309 Å². The lowest BCUT2D eigenvalue weighted by molar-refractivity contribution is -0.870. The number of hydrogen-bond acceptors (Lipinski definition) is 8. The number of ether oxygens (including phenoxy) is 4. The zero-order valence-electron chi connectivity index (χ0n) is 51.1. The van der Waals surface area contributed by atoms with Crippen molar-refractivity contribution in [3.63, 3.8) is 0 Å². The second-order valence-corrected chi connectivity index (χ2v) is 23.0. The summed E-state index contributed by atoms with van der Waals surface area (Å²) in [5.41, 5.74) is 0. The van der Waals surface area contributed by atoms with Crippen LogP contribution in [0.5, 0.6) is 0 Å². The molecule has 0 spiro atoms. The topological polar surface area (TPSA) is 111 Å². The van der Waals surface area contributed by atoms with Crippen molar-refractivity contribution in [3.05, 3.63) is 60.8 Å². The van der Waals surface area contributed by atoms with E-state index in [-0.39, 0.29) is 32.2 Å². The molecule has 0 bridgehead atoms. The third kappa shape index (κ3) is 60.5. The van der Waals surface area contributed by atoms with Gasteiger partial charge < -0.3 is 33.3 Å². The summed E-state index contributed by atoms with van der Waals surface area (Å²) in [5, 5.41) is 11.8. The number of carboxylic acid groups (broad SMARTS) is 1. The Balaban J connectivity index is 4.17. The highest BCUT2D eigenvalue weighted by molar-refractivity contribution is 5.70. The summed E-state index contributed by atoms with van der Waals surface area (Å²) in [4.78, 5) is 37.4. The van der Waals surface area contributed by atoms with Crippen LogP contribution >= 0.6 is 0 Å². The maximum atomic E-state index is 12.9. The summed E-state index contributed by atoms with van der Waals surface area (Å²) in [6, 6.07) is 0. The van der Waals surface area contributed by atoms with Gasteiger partial charge in [0.05, 0.1) is 40.3 Å². The number of nitrogens with zero attached hydrogens (tertiary/aromatic N) is 1. The smallest absolute Gasteiger partial charge is 0.306 e. The molecule has 0 rings (SSSR count). The van der Waals surface area contributed by atoms with Crippen LogP contribution in [-0.4, -0.2) is 82.3 Å². The normalized spacial score (nSPS) is 13.1. The lowest BCUT2D eigenvalue weighted by Gasteiger charge is -2.26. The minimum Gasteiger partial charge on any atom is -0.545 e. The Morgan fingerprint density at radius 2 is 0.701 bits per heavy atom. The van der Waals surface area contributed by atoms with Crippen molar-refractivity contribution in [1.82, 2.24) is 0 Å². The van der Waals surface area contributed by atoms with Gasteiger partial charge in [0.25, 0.3) is 0 Å². The van der Waals surface area contributed by atoms with E-state index in [2.05, 4.69) is 74.6 Å². The minimum atomic E-state index is -1.62. The fourth-order valence-electron chi connectivity index (χ4n) is 9.22. The second-order valence-electron chi connectivity index (χ2n) is 23.0. The van der Waals surface area contributed by atoms with Crippen LogP contribution in [0.1, 0.15) is 296 Å². The van der Waals surface area contributed by atoms with Gasteiger partial charge in [-0.15, -0.1) is 0 Å². The molecule has 9 nitrogen and oxygen atoms in total. The lowest BCUT2D eigenvalue weighted by Crippen LogP contribution is -2.44. The van der Waals surface area contributed by atoms with Gasteiger partial charge in [-0.2, -0.15) is 0 Å². The average molecular weight is 1080 g/mol. The Morgan fingerprint density at radius 1 is 0.390 bits per heavy atom. The van der Waals surface area contributed by atoms with Crippen LogP contribution in [0.4, 0.5) is 0 Å². The summed E-state index contributed by atoms with van der Waals surface area (Å²) in [6.45, 7) is 4.76. The molecule has 0 N–H and O–H groups in total. The number of rotatable bonds is 60. The monoisotopic (exact) mass is 1080 g/mol. The number of carbonyl (C=O) groups is 3. The summed E-state index contributed by atoms with van der Waals surface area (Å²) in [7, 11) is 5.93. The zero-order valence-corrected chi connectivity index (χ0v) is 51.1. The molecule has 448 valence electrons. The molecular weight excluding hydrogens is 959 g/mol. The fraction of sp³-hybridized carbons (Fsp3) is 0.809. The molecule has 0 aliphatic rings. The van der Waals surface area contributed by atoms with E-state index in [0.717, 1.165) is 64.2 Å². The van der Waals surface area contributed by atoms with E-state index < -0.39 is 24.3 Å². The summed E-state index contributed by atoms with van der Waals surface area (Å²) < 4.78 is 22.8. The molecule has 0 aromatic rings. The van der Waals surface area contributed by atoms with Crippen LogP contribution in [-0.2, 0) is 33.3 Å². The van der Waals surface area contributed by atoms with E-state index in [9.17, 15) is 19.5 Å². The van der Waals surface area contributed by atoms with Crippen LogP contribution in [0.15, 0.2) is 60.8 Å². The number of carbonyl (C=O) groups excluding carboxylic acids is 3. The lowest BCUT2D eigenvalue weighted by atomic mass is 10.0. The number of quaternary nitrogens is 1. The van der Waals surface area contributed by atoms with Gasteiger partial charge in [0.2, 0.25) is 0 Å². The first-order valence-electron chi connectivity index (χ1n) is 32.4. The fourth-order valence-corrected chi connectivity index (χ4v) is 9.22. The average Bonchev–Trinajstić information content (AvgIpc) is 3.40. The number of hydrogen-bond donors (Lipinski definition) is 0. The molecular formula is C68H123NO8. The number of esters is 2. The predicted octanol–water partition coefficient (Wildman–Crippen LogP) is 18.2. The van der Waals surface area contributed by atoms with Crippen LogP contribution in [0.2, 0.25) is 0 Å². The third-order valence-corrected chi connectivity index (χ3v) is 14.2. The molecule has 0 saturated carbocycles. The number of carboxylic acids is 1. The van der Waals surface area contributed by atoms with Crippen molar-refractivity contribution in [3.8, 4) is 0 Å². The number of unbranched alkanes of at least 4 members (excludes halogenated alkanes) is 35. The molecule has 0 radical (unpaired) electrons. The Hall–Kier alpha value is -3.01. The van der Waals surface area contributed by atoms with Gasteiger partial charge in [-0.1, -0.05) is 261 Å². The molecule has 0 fully saturated rings. The van der Waals surface area contributed by atoms with Gasteiger partial charge >= 0.3 is 11.9 Å². The molecule has 2 unspecified atom stereocenters. The number of allylic oxidation sites excluding steroid dienone is 10. The summed E-state index contributed by atoms with van der Waals surface area (Å²) in [5.74, 6) is -2.28. The summed E-state index contributed by atoms with van der Waals surface area (Å²) in [6.07, 6.45) is 72.8. The predicted molar refractivity (Wildman–Crippen MR) is 325 cm³/mol. The van der Waals surface area contributed by atoms with E-state index in [1.165, 1.54) is 199 Å².